The van der Waals surface area contributed by atoms with Crippen LogP contribution in [0.4, 0.5) is 11.8 Å². The van der Waals surface area contributed by atoms with E-state index in [2.05, 4.69) is 20.2 Å². The van der Waals surface area contributed by atoms with Crippen molar-refractivity contribution in [3.05, 3.63) is 11.2 Å². The van der Waals surface area contributed by atoms with Crippen LogP contribution in [-0.2, 0) is 0 Å². The molecule has 1 aliphatic rings. The molecule has 0 spiro atoms. The van der Waals surface area contributed by atoms with Crippen LogP contribution in [0, 0.1) is 0 Å². The fourth-order valence-corrected chi connectivity index (χ4v) is 1.84. The summed E-state index contributed by atoms with van der Waals surface area (Å²) < 4.78 is 0. The van der Waals surface area contributed by atoms with Gasteiger partial charge in [-0.2, -0.15) is 4.98 Å². The molecular formula is C9H13ClN4. The molecule has 2 heterocycles. The first-order valence-electron chi connectivity index (χ1n) is 4.76. The monoisotopic (exact) mass is 212 g/mol. The topological polar surface area (TPSA) is 41.1 Å². The molecule has 1 aromatic heterocycles. The van der Waals surface area contributed by atoms with Gasteiger partial charge in [0.25, 0.3) is 0 Å². The van der Waals surface area contributed by atoms with Gasteiger partial charge in [0.05, 0.1) is 6.20 Å². The second-order valence-electron chi connectivity index (χ2n) is 3.31. The highest BCUT2D eigenvalue weighted by Gasteiger charge is 2.17. The summed E-state index contributed by atoms with van der Waals surface area (Å²) in [6.07, 6.45) is 4.08. The van der Waals surface area contributed by atoms with E-state index in [0.717, 1.165) is 18.9 Å². The van der Waals surface area contributed by atoms with Crippen LogP contribution in [-0.4, -0.2) is 30.1 Å². The lowest BCUT2D eigenvalue weighted by Gasteiger charge is -2.17. The van der Waals surface area contributed by atoms with Crippen molar-refractivity contribution in [3.8, 4) is 0 Å². The predicted molar refractivity (Wildman–Crippen MR) is 58.0 cm³/mol. The molecule has 0 unspecified atom stereocenters. The largest absolute Gasteiger partial charge is 0.357 e. The second-order valence-corrected chi connectivity index (χ2v) is 3.72. The third-order valence-corrected chi connectivity index (χ3v) is 2.62. The third kappa shape index (κ3) is 1.75. The molecule has 1 N–H and O–H groups in total. The molecule has 14 heavy (non-hydrogen) atoms. The molecular weight excluding hydrogens is 200 g/mol. The average Bonchev–Trinajstić information content (AvgIpc) is 2.71. The van der Waals surface area contributed by atoms with Gasteiger partial charge in [0.15, 0.2) is 5.82 Å². The van der Waals surface area contributed by atoms with E-state index in [9.17, 15) is 0 Å². The molecule has 5 heteroatoms. The molecule has 1 aromatic rings. The predicted octanol–water partition coefficient (Wildman–Crippen LogP) is 1.77. The van der Waals surface area contributed by atoms with E-state index < -0.39 is 0 Å². The standard InChI is InChI=1S/C9H13ClN4/c1-11-9-12-6-7(10)8(13-9)14-4-2-3-5-14/h6H,2-5H2,1H3,(H,11,12,13). The fraction of sp³-hybridized carbons (Fsp3) is 0.556. The zero-order valence-corrected chi connectivity index (χ0v) is 8.88. The van der Waals surface area contributed by atoms with Crippen LogP contribution in [0.5, 0.6) is 0 Å². The van der Waals surface area contributed by atoms with E-state index in [0.29, 0.717) is 11.0 Å². The van der Waals surface area contributed by atoms with Crippen LogP contribution in [0.25, 0.3) is 0 Å². The Morgan fingerprint density at radius 1 is 1.43 bits per heavy atom. The number of halogens is 1. The Morgan fingerprint density at radius 2 is 2.14 bits per heavy atom. The van der Waals surface area contributed by atoms with Gasteiger partial charge in [-0.15, -0.1) is 0 Å². The summed E-state index contributed by atoms with van der Waals surface area (Å²) in [6, 6.07) is 0. The smallest absolute Gasteiger partial charge is 0.224 e. The number of rotatable bonds is 2. The number of nitrogens with one attached hydrogen (secondary N) is 1. The van der Waals surface area contributed by atoms with Crippen molar-refractivity contribution >= 4 is 23.4 Å². The first-order valence-corrected chi connectivity index (χ1v) is 5.14. The Balaban J connectivity index is 2.29. The van der Waals surface area contributed by atoms with Crippen LogP contribution >= 0.6 is 11.6 Å². The molecule has 1 aliphatic heterocycles. The van der Waals surface area contributed by atoms with Gasteiger partial charge in [0, 0.05) is 20.1 Å². The maximum atomic E-state index is 6.04. The lowest BCUT2D eigenvalue weighted by molar-refractivity contribution is 0.929. The van der Waals surface area contributed by atoms with Gasteiger partial charge < -0.3 is 10.2 Å². The average molecular weight is 213 g/mol. The maximum absolute atomic E-state index is 6.04. The van der Waals surface area contributed by atoms with Gasteiger partial charge >= 0.3 is 0 Å². The summed E-state index contributed by atoms with van der Waals surface area (Å²) in [5.74, 6) is 1.47. The number of nitrogens with zero attached hydrogens (tertiary/aromatic N) is 3. The van der Waals surface area contributed by atoms with Gasteiger partial charge in [-0.25, -0.2) is 4.98 Å². The summed E-state index contributed by atoms with van der Waals surface area (Å²) in [6.45, 7) is 2.08. The Kier molecular flexibility index (Phi) is 2.72. The van der Waals surface area contributed by atoms with Crippen LogP contribution in [0.3, 0.4) is 0 Å². The summed E-state index contributed by atoms with van der Waals surface area (Å²) in [4.78, 5) is 10.6. The quantitative estimate of drug-likeness (QED) is 0.812. The highest BCUT2D eigenvalue weighted by Crippen LogP contribution is 2.26. The number of hydrogen-bond donors (Lipinski definition) is 1. The molecule has 0 aliphatic carbocycles. The van der Waals surface area contributed by atoms with Crippen LogP contribution < -0.4 is 10.2 Å². The maximum Gasteiger partial charge on any atom is 0.224 e. The van der Waals surface area contributed by atoms with E-state index in [1.807, 2.05) is 0 Å². The van der Waals surface area contributed by atoms with Gasteiger partial charge in [-0.1, -0.05) is 11.6 Å². The molecule has 1 saturated heterocycles. The second kappa shape index (κ2) is 4.00. The minimum Gasteiger partial charge on any atom is -0.357 e. The molecule has 0 saturated carbocycles. The van der Waals surface area contributed by atoms with Crippen molar-refractivity contribution in [1.29, 1.82) is 0 Å². The van der Waals surface area contributed by atoms with Crippen LogP contribution in [0.2, 0.25) is 5.02 Å². The summed E-state index contributed by atoms with van der Waals surface area (Å²) in [5, 5.41) is 3.54. The van der Waals surface area contributed by atoms with E-state index >= 15 is 0 Å². The van der Waals surface area contributed by atoms with Crippen molar-refractivity contribution in [2.24, 2.45) is 0 Å². The Morgan fingerprint density at radius 3 is 2.79 bits per heavy atom. The third-order valence-electron chi connectivity index (χ3n) is 2.35. The van der Waals surface area contributed by atoms with Gasteiger partial charge in [-0.05, 0) is 12.8 Å². The van der Waals surface area contributed by atoms with Crippen molar-refractivity contribution in [1.82, 2.24) is 9.97 Å². The fourth-order valence-electron chi connectivity index (χ4n) is 1.63. The molecule has 0 atom stereocenters. The van der Waals surface area contributed by atoms with Gasteiger partial charge in [0.1, 0.15) is 5.02 Å². The number of aromatic nitrogens is 2. The van der Waals surface area contributed by atoms with Crippen LogP contribution in [0.1, 0.15) is 12.8 Å². The van der Waals surface area contributed by atoms with E-state index in [1.54, 1.807) is 13.2 Å². The minimum atomic E-state index is 0.622. The molecule has 2 rings (SSSR count). The zero-order valence-electron chi connectivity index (χ0n) is 8.13. The molecule has 0 bridgehead atoms. The van der Waals surface area contributed by atoms with Crippen molar-refractivity contribution in [2.45, 2.75) is 12.8 Å². The highest BCUT2D eigenvalue weighted by molar-refractivity contribution is 6.32. The lowest BCUT2D eigenvalue weighted by atomic mass is 10.4. The lowest BCUT2D eigenvalue weighted by Crippen LogP contribution is -2.20. The molecule has 76 valence electrons. The van der Waals surface area contributed by atoms with Gasteiger partial charge in [-0.3, -0.25) is 0 Å². The zero-order chi connectivity index (χ0) is 9.97. The SMILES string of the molecule is CNc1ncc(Cl)c(N2CCCC2)n1. The normalized spacial score (nSPS) is 16.0. The highest BCUT2D eigenvalue weighted by atomic mass is 35.5. The van der Waals surface area contributed by atoms with E-state index in [-0.39, 0.29) is 0 Å². The molecule has 0 radical (unpaired) electrons. The summed E-state index contributed by atoms with van der Waals surface area (Å²) >= 11 is 6.04. The Labute approximate surface area is 88.3 Å². The minimum absolute atomic E-state index is 0.622. The molecule has 4 nitrogen and oxygen atoms in total. The van der Waals surface area contributed by atoms with Crippen molar-refractivity contribution < 1.29 is 0 Å². The Hall–Kier alpha value is -1.03. The van der Waals surface area contributed by atoms with Crippen molar-refractivity contribution in [3.63, 3.8) is 0 Å². The number of hydrogen-bond acceptors (Lipinski definition) is 4. The molecule has 0 amide bonds. The molecule has 1 fully saturated rings. The summed E-state index contributed by atoms with van der Waals surface area (Å²) in [5.41, 5.74) is 0. The van der Waals surface area contributed by atoms with E-state index in [4.69, 9.17) is 11.6 Å². The summed E-state index contributed by atoms with van der Waals surface area (Å²) in [7, 11) is 1.80. The van der Waals surface area contributed by atoms with Gasteiger partial charge in [0.2, 0.25) is 5.95 Å². The number of anilines is 2. The Bertz CT molecular complexity index is 323. The first kappa shape index (κ1) is 9.52. The molecule has 0 aromatic carbocycles. The van der Waals surface area contributed by atoms with E-state index in [1.165, 1.54) is 12.8 Å². The van der Waals surface area contributed by atoms with Crippen molar-refractivity contribution in [2.75, 3.05) is 30.4 Å². The van der Waals surface area contributed by atoms with Crippen LogP contribution in [0.15, 0.2) is 6.20 Å². The first-order chi connectivity index (χ1) is 6.81.